The van der Waals surface area contributed by atoms with Crippen LogP contribution in [-0.2, 0) is 33.7 Å². The summed E-state index contributed by atoms with van der Waals surface area (Å²) in [5.41, 5.74) is 8.00. The number of H-pyrrole nitrogens is 1. The zero-order valence-electron chi connectivity index (χ0n) is 22.2. The van der Waals surface area contributed by atoms with E-state index < -0.39 is 28.9 Å². The number of hydrogen-bond acceptors (Lipinski definition) is 6. The van der Waals surface area contributed by atoms with E-state index in [0.29, 0.717) is 13.1 Å². The van der Waals surface area contributed by atoms with E-state index in [2.05, 4.69) is 27.2 Å². The van der Waals surface area contributed by atoms with Gasteiger partial charge >= 0.3 is 6.09 Å². The van der Waals surface area contributed by atoms with Crippen molar-refractivity contribution >= 4 is 45.8 Å². The largest absolute Gasteiger partial charge is 0.444 e. The van der Waals surface area contributed by atoms with Crippen molar-refractivity contribution in [2.45, 2.75) is 51.8 Å². The fraction of sp³-hybridized carbons (Fsp3) is 0.357. The van der Waals surface area contributed by atoms with E-state index in [1.54, 1.807) is 31.9 Å². The molecule has 0 radical (unpaired) electrons. The van der Waals surface area contributed by atoms with Crippen LogP contribution in [0.5, 0.6) is 0 Å². The van der Waals surface area contributed by atoms with E-state index in [9.17, 15) is 19.2 Å². The highest BCUT2D eigenvalue weighted by molar-refractivity contribution is 8.14. The molecule has 4 rings (SSSR count). The van der Waals surface area contributed by atoms with Gasteiger partial charge in [0.05, 0.1) is 5.75 Å². The van der Waals surface area contributed by atoms with Gasteiger partial charge in [0, 0.05) is 36.6 Å². The van der Waals surface area contributed by atoms with Crippen LogP contribution in [0, 0.1) is 0 Å². The third-order valence-corrected chi connectivity index (χ3v) is 6.96. The number of carbonyl (C=O) groups excluding carboxylic acids is 4. The van der Waals surface area contributed by atoms with E-state index in [1.807, 2.05) is 42.5 Å². The van der Waals surface area contributed by atoms with Gasteiger partial charge in [0.1, 0.15) is 11.6 Å². The van der Waals surface area contributed by atoms with Crippen LogP contribution < -0.4 is 16.2 Å². The summed E-state index contributed by atoms with van der Waals surface area (Å²) >= 11 is 0.769. The molecular formula is C28H33N5O5S. The van der Waals surface area contributed by atoms with Gasteiger partial charge in [-0.15, -0.1) is 0 Å². The molecular weight excluding hydrogens is 518 g/mol. The van der Waals surface area contributed by atoms with Crippen molar-refractivity contribution in [3.63, 3.8) is 0 Å². The lowest BCUT2D eigenvalue weighted by Gasteiger charge is -2.28. The van der Waals surface area contributed by atoms with Crippen molar-refractivity contribution in [2.75, 3.05) is 12.3 Å². The molecule has 0 unspecified atom stereocenters. The first-order chi connectivity index (χ1) is 18.6. The third kappa shape index (κ3) is 7.76. The van der Waals surface area contributed by atoms with Gasteiger partial charge in [-0.3, -0.25) is 25.2 Å². The fourth-order valence-electron chi connectivity index (χ4n) is 4.34. The molecule has 1 atom stereocenters. The Balaban J connectivity index is 1.31. The van der Waals surface area contributed by atoms with Crippen LogP contribution in [0.2, 0.25) is 0 Å². The molecule has 0 aliphatic carbocycles. The van der Waals surface area contributed by atoms with Gasteiger partial charge in [-0.2, -0.15) is 0 Å². The molecule has 0 fully saturated rings. The summed E-state index contributed by atoms with van der Waals surface area (Å²) in [6, 6.07) is 14.6. The first kappa shape index (κ1) is 28.0. The van der Waals surface area contributed by atoms with Crippen LogP contribution in [-0.4, -0.2) is 57.0 Å². The Morgan fingerprint density at radius 1 is 1.03 bits per heavy atom. The van der Waals surface area contributed by atoms with Crippen LogP contribution >= 0.6 is 11.8 Å². The number of hydrogen-bond donors (Lipinski definition) is 4. The summed E-state index contributed by atoms with van der Waals surface area (Å²) in [5, 5.41) is 2.93. The van der Waals surface area contributed by atoms with Gasteiger partial charge in [0.2, 0.25) is 5.91 Å². The number of rotatable bonds is 6. The normalized spacial score (nSPS) is 13.8. The molecule has 39 heavy (non-hydrogen) atoms. The average molecular weight is 552 g/mol. The molecule has 1 aromatic heterocycles. The summed E-state index contributed by atoms with van der Waals surface area (Å²) in [5.74, 6) is -0.836. The molecule has 2 aromatic carbocycles. The molecule has 0 bridgehead atoms. The number of ether oxygens (including phenoxy) is 1. The minimum Gasteiger partial charge on any atom is -0.444 e. The Morgan fingerprint density at radius 2 is 1.74 bits per heavy atom. The summed E-state index contributed by atoms with van der Waals surface area (Å²) in [6.07, 6.45) is 1.96. The van der Waals surface area contributed by atoms with Crippen molar-refractivity contribution in [3.8, 4) is 0 Å². The fourth-order valence-corrected chi connectivity index (χ4v) is 4.90. The van der Waals surface area contributed by atoms with Crippen molar-refractivity contribution < 1.29 is 23.9 Å². The number of carbonyl (C=O) groups is 4. The van der Waals surface area contributed by atoms with Gasteiger partial charge in [-0.25, -0.2) is 4.79 Å². The number of para-hydroxylation sites is 1. The predicted molar refractivity (Wildman–Crippen MR) is 150 cm³/mol. The number of nitrogens with zero attached hydrogens (tertiary/aromatic N) is 1. The van der Waals surface area contributed by atoms with E-state index in [1.165, 1.54) is 5.56 Å². The Hall–Kier alpha value is -3.99. The van der Waals surface area contributed by atoms with E-state index >= 15 is 0 Å². The van der Waals surface area contributed by atoms with Gasteiger partial charge in [-0.05, 0) is 49.9 Å². The second-order valence-corrected chi connectivity index (χ2v) is 11.2. The number of hydrazine groups is 1. The molecule has 3 aromatic rings. The lowest BCUT2D eigenvalue weighted by Crippen LogP contribution is -2.53. The maximum absolute atomic E-state index is 13.0. The molecule has 206 valence electrons. The van der Waals surface area contributed by atoms with Crippen LogP contribution in [0.15, 0.2) is 54.7 Å². The number of aromatic nitrogens is 1. The summed E-state index contributed by atoms with van der Waals surface area (Å²) in [6.45, 7) is 6.29. The smallest absolute Gasteiger partial charge is 0.408 e. The Kier molecular flexibility index (Phi) is 8.80. The second kappa shape index (κ2) is 12.2. The van der Waals surface area contributed by atoms with Crippen molar-refractivity contribution in [1.82, 2.24) is 26.1 Å². The van der Waals surface area contributed by atoms with E-state index in [-0.39, 0.29) is 18.1 Å². The minimum absolute atomic E-state index is 0.0567. The molecule has 4 amide bonds. The maximum Gasteiger partial charge on any atom is 0.408 e. The summed E-state index contributed by atoms with van der Waals surface area (Å²) < 4.78 is 5.32. The molecule has 0 saturated carbocycles. The van der Waals surface area contributed by atoms with Gasteiger partial charge in [-0.1, -0.05) is 54.2 Å². The van der Waals surface area contributed by atoms with E-state index in [0.717, 1.165) is 40.2 Å². The van der Waals surface area contributed by atoms with Gasteiger partial charge < -0.3 is 19.9 Å². The van der Waals surface area contributed by atoms with E-state index in [4.69, 9.17) is 4.74 Å². The topological polar surface area (TPSA) is 133 Å². The predicted octanol–water partition coefficient (Wildman–Crippen LogP) is 3.66. The quantitative estimate of drug-likeness (QED) is 0.346. The first-order valence-corrected chi connectivity index (χ1v) is 13.7. The minimum atomic E-state index is -1.03. The Morgan fingerprint density at radius 3 is 2.51 bits per heavy atom. The first-order valence-electron chi connectivity index (χ1n) is 12.7. The highest BCUT2D eigenvalue weighted by Gasteiger charge is 2.26. The number of nitrogens with one attached hydrogen (secondary N) is 4. The molecule has 10 nitrogen and oxygen atoms in total. The van der Waals surface area contributed by atoms with Crippen LogP contribution in [0.4, 0.5) is 9.59 Å². The molecule has 1 aliphatic rings. The molecule has 11 heteroatoms. The highest BCUT2D eigenvalue weighted by atomic mass is 32.2. The Bertz CT molecular complexity index is 1370. The summed E-state index contributed by atoms with van der Waals surface area (Å²) in [4.78, 5) is 55.4. The van der Waals surface area contributed by atoms with Crippen molar-refractivity contribution in [3.05, 3.63) is 71.4 Å². The molecule has 0 saturated heterocycles. The van der Waals surface area contributed by atoms with Crippen LogP contribution in [0.3, 0.4) is 0 Å². The highest BCUT2D eigenvalue weighted by Crippen LogP contribution is 2.21. The SMILES string of the molecule is CC(C)(C)OC(=O)N[C@@H](Cc1c[nH]c2ccccc12)C(=O)NNC(=O)SCC(=O)N1CCc2ccccc2C1. The number of alkyl carbamates (subject to hydrolysis) is 1. The van der Waals surface area contributed by atoms with Crippen molar-refractivity contribution in [1.29, 1.82) is 0 Å². The lowest BCUT2D eigenvalue weighted by molar-refractivity contribution is -0.129. The standard InChI is InChI=1S/C28H33N5O5S/c1-28(2,3)38-26(36)30-23(14-20-15-29-22-11-7-6-10-21(20)22)25(35)31-32-27(37)39-17-24(34)33-13-12-18-8-4-5-9-19(18)16-33/h4-11,15,23,29H,12-14,16-17H2,1-3H3,(H,30,36)(H,31,35)(H,32,37)/t23-/m0/s1. The third-order valence-electron chi connectivity index (χ3n) is 6.20. The zero-order chi connectivity index (χ0) is 28.0. The van der Waals surface area contributed by atoms with Gasteiger partial charge in [0.25, 0.3) is 11.1 Å². The second-order valence-electron chi connectivity index (χ2n) is 10.3. The van der Waals surface area contributed by atoms with Gasteiger partial charge in [0.15, 0.2) is 0 Å². The molecule has 1 aliphatic heterocycles. The molecule has 4 N–H and O–H groups in total. The average Bonchev–Trinajstić information content (AvgIpc) is 3.31. The van der Waals surface area contributed by atoms with Crippen molar-refractivity contribution in [2.24, 2.45) is 0 Å². The molecule has 2 heterocycles. The van der Waals surface area contributed by atoms with Crippen LogP contribution in [0.25, 0.3) is 10.9 Å². The maximum atomic E-state index is 13.0. The number of thioether (sulfide) groups is 1. The molecule has 0 spiro atoms. The number of amides is 4. The number of benzene rings is 2. The lowest BCUT2D eigenvalue weighted by atomic mass is 10.00. The number of aromatic amines is 1. The monoisotopic (exact) mass is 551 g/mol. The number of fused-ring (bicyclic) bond motifs is 2. The summed E-state index contributed by atoms with van der Waals surface area (Å²) in [7, 11) is 0. The Labute approximate surface area is 231 Å². The van der Waals surface area contributed by atoms with Crippen LogP contribution in [0.1, 0.15) is 37.5 Å². The zero-order valence-corrected chi connectivity index (χ0v) is 23.0.